The number of nitrogens with one attached hydrogen (secondary N) is 1. The number of aryl methyl sites for hydroxylation is 1. The van der Waals surface area contributed by atoms with E-state index in [1.54, 1.807) is 30.7 Å². The van der Waals surface area contributed by atoms with Gasteiger partial charge in [-0.3, -0.25) is 0 Å². The van der Waals surface area contributed by atoms with E-state index in [0.29, 0.717) is 12.5 Å². The van der Waals surface area contributed by atoms with Crippen LogP contribution in [-0.2, 0) is 5.60 Å². The van der Waals surface area contributed by atoms with Gasteiger partial charge < -0.3 is 10.4 Å². The maximum Gasteiger partial charge on any atom is 0.222 e. The molecule has 2 rings (SSSR count). The summed E-state index contributed by atoms with van der Waals surface area (Å²) in [6.45, 7) is 4.09. The predicted octanol–water partition coefficient (Wildman–Crippen LogP) is 2.17. The first-order valence-electron chi connectivity index (χ1n) is 5.35. The zero-order valence-electron chi connectivity index (χ0n) is 9.84. The minimum atomic E-state index is -0.908. The van der Waals surface area contributed by atoms with E-state index in [0.717, 1.165) is 11.1 Å². The largest absolute Gasteiger partial charge is 0.384 e. The molecule has 0 aromatic carbocycles. The van der Waals surface area contributed by atoms with Crippen LogP contribution in [-0.4, -0.2) is 21.6 Å². The van der Waals surface area contributed by atoms with E-state index in [1.807, 2.05) is 23.8 Å². The molecule has 0 amide bonds. The molecule has 0 aliphatic rings. The fourth-order valence-corrected chi connectivity index (χ4v) is 2.19. The minimum Gasteiger partial charge on any atom is -0.384 e. The second-order valence-corrected chi connectivity index (χ2v) is 5.00. The number of aliphatic hydroxyl groups is 1. The molecule has 2 aromatic heterocycles. The molecule has 2 N–H and O–H groups in total. The molecule has 90 valence electrons. The van der Waals surface area contributed by atoms with E-state index in [9.17, 15) is 5.11 Å². The Labute approximate surface area is 104 Å². The predicted molar refractivity (Wildman–Crippen MR) is 69.1 cm³/mol. The fraction of sp³-hybridized carbons (Fsp3) is 0.333. The highest BCUT2D eigenvalue weighted by Gasteiger charge is 2.23. The van der Waals surface area contributed by atoms with Crippen molar-refractivity contribution in [1.29, 1.82) is 0 Å². The van der Waals surface area contributed by atoms with E-state index in [1.165, 1.54) is 0 Å². The number of hydrogen-bond donors (Lipinski definition) is 2. The van der Waals surface area contributed by atoms with Gasteiger partial charge in [-0.1, -0.05) is 0 Å². The van der Waals surface area contributed by atoms with E-state index in [2.05, 4.69) is 15.3 Å². The van der Waals surface area contributed by atoms with Crippen LogP contribution in [0.25, 0.3) is 0 Å². The molecule has 0 saturated heterocycles. The van der Waals surface area contributed by atoms with E-state index >= 15 is 0 Å². The van der Waals surface area contributed by atoms with Crippen LogP contribution in [0.3, 0.4) is 0 Å². The Morgan fingerprint density at radius 2 is 2.12 bits per heavy atom. The Balaban J connectivity index is 2.00. The highest BCUT2D eigenvalue weighted by atomic mass is 32.1. The van der Waals surface area contributed by atoms with Crippen molar-refractivity contribution in [3.8, 4) is 0 Å². The van der Waals surface area contributed by atoms with Gasteiger partial charge in [-0.15, -0.1) is 0 Å². The molecule has 0 aliphatic carbocycles. The zero-order valence-corrected chi connectivity index (χ0v) is 10.7. The lowest BCUT2D eigenvalue weighted by Gasteiger charge is -2.22. The van der Waals surface area contributed by atoms with Gasteiger partial charge in [0.15, 0.2) is 0 Å². The summed E-state index contributed by atoms with van der Waals surface area (Å²) >= 11 is 1.57. The first-order chi connectivity index (χ1) is 8.08. The van der Waals surface area contributed by atoms with Crippen molar-refractivity contribution in [2.75, 3.05) is 11.9 Å². The third-order valence-electron chi connectivity index (χ3n) is 2.51. The van der Waals surface area contributed by atoms with Crippen molar-refractivity contribution < 1.29 is 5.11 Å². The maximum atomic E-state index is 10.3. The van der Waals surface area contributed by atoms with Gasteiger partial charge in [-0.2, -0.15) is 11.3 Å². The topological polar surface area (TPSA) is 58.0 Å². The molecule has 0 spiro atoms. The molecule has 0 saturated carbocycles. The van der Waals surface area contributed by atoms with Crippen molar-refractivity contribution in [3.05, 3.63) is 40.3 Å². The molecule has 17 heavy (non-hydrogen) atoms. The van der Waals surface area contributed by atoms with Crippen LogP contribution in [0.2, 0.25) is 0 Å². The standard InChI is InChI=1S/C12H15N3OS/c1-9-5-13-11(14-6-9)15-8-12(2,16)10-3-4-17-7-10/h3-7,16H,8H2,1-2H3,(H,13,14,15). The summed E-state index contributed by atoms with van der Waals surface area (Å²) in [6.07, 6.45) is 3.49. The van der Waals surface area contributed by atoms with E-state index in [4.69, 9.17) is 0 Å². The first-order valence-corrected chi connectivity index (χ1v) is 6.30. The number of nitrogens with zero attached hydrogens (tertiary/aromatic N) is 2. The highest BCUT2D eigenvalue weighted by molar-refractivity contribution is 7.08. The molecule has 1 unspecified atom stereocenters. The number of thiophene rings is 1. The van der Waals surface area contributed by atoms with Gasteiger partial charge >= 0.3 is 0 Å². The van der Waals surface area contributed by atoms with Gasteiger partial charge in [0.1, 0.15) is 5.60 Å². The fourth-order valence-electron chi connectivity index (χ4n) is 1.41. The van der Waals surface area contributed by atoms with Crippen molar-refractivity contribution in [3.63, 3.8) is 0 Å². The maximum absolute atomic E-state index is 10.3. The highest BCUT2D eigenvalue weighted by Crippen LogP contribution is 2.22. The summed E-state index contributed by atoms with van der Waals surface area (Å²) in [5.74, 6) is 0.533. The Morgan fingerprint density at radius 3 is 2.71 bits per heavy atom. The number of rotatable bonds is 4. The molecule has 2 aromatic rings. The molecule has 0 radical (unpaired) electrons. The van der Waals surface area contributed by atoms with Gasteiger partial charge in [0.05, 0.1) is 6.54 Å². The first kappa shape index (κ1) is 12.0. The van der Waals surface area contributed by atoms with Crippen molar-refractivity contribution in [1.82, 2.24) is 9.97 Å². The second kappa shape index (κ2) is 4.81. The van der Waals surface area contributed by atoms with Gasteiger partial charge in [-0.05, 0) is 41.8 Å². The Morgan fingerprint density at radius 1 is 1.41 bits per heavy atom. The van der Waals surface area contributed by atoms with Crippen LogP contribution in [0.15, 0.2) is 29.2 Å². The summed E-state index contributed by atoms with van der Waals surface area (Å²) in [7, 11) is 0. The Kier molecular flexibility index (Phi) is 3.40. The zero-order chi connectivity index (χ0) is 12.3. The van der Waals surface area contributed by atoms with Gasteiger partial charge in [0.2, 0.25) is 5.95 Å². The summed E-state index contributed by atoms with van der Waals surface area (Å²) in [5, 5.41) is 17.2. The summed E-state index contributed by atoms with van der Waals surface area (Å²) in [4.78, 5) is 8.26. The number of anilines is 1. The molecule has 0 fully saturated rings. The van der Waals surface area contributed by atoms with Crippen LogP contribution in [0.4, 0.5) is 5.95 Å². The van der Waals surface area contributed by atoms with Gasteiger partial charge in [0, 0.05) is 12.4 Å². The van der Waals surface area contributed by atoms with Crippen LogP contribution in [0.5, 0.6) is 0 Å². The van der Waals surface area contributed by atoms with E-state index < -0.39 is 5.60 Å². The SMILES string of the molecule is Cc1cnc(NCC(C)(O)c2ccsc2)nc1. The molecule has 4 nitrogen and oxygen atoms in total. The van der Waals surface area contributed by atoms with E-state index in [-0.39, 0.29) is 0 Å². The van der Waals surface area contributed by atoms with Crippen LogP contribution >= 0.6 is 11.3 Å². The normalized spacial score (nSPS) is 14.3. The third-order valence-corrected chi connectivity index (χ3v) is 3.20. The number of aromatic nitrogens is 2. The van der Waals surface area contributed by atoms with Crippen LogP contribution in [0, 0.1) is 6.92 Å². The average molecular weight is 249 g/mol. The molecular weight excluding hydrogens is 234 g/mol. The Bertz CT molecular complexity index is 465. The lowest BCUT2D eigenvalue weighted by Crippen LogP contribution is -2.30. The van der Waals surface area contributed by atoms with Crippen LogP contribution in [0.1, 0.15) is 18.1 Å². The average Bonchev–Trinajstić information content (AvgIpc) is 2.82. The van der Waals surface area contributed by atoms with Gasteiger partial charge in [0.25, 0.3) is 0 Å². The summed E-state index contributed by atoms with van der Waals surface area (Å²) < 4.78 is 0. The smallest absolute Gasteiger partial charge is 0.222 e. The van der Waals surface area contributed by atoms with Crippen molar-refractivity contribution in [2.24, 2.45) is 0 Å². The molecule has 1 atom stereocenters. The summed E-state index contributed by atoms with van der Waals surface area (Å²) in [5.41, 5.74) is 1.01. The molecule has 0 bridgehead atoms. The quantitative estimate of drug-likeness (QED) is 0.872. The minimum absolute atomic E-state index is 0.382. The molecule has 2 heterocycles. The summed E-state index contributed by atoms with van der Waals surface area (Å²) in [6, 6.07) is 1.92. The molecular formula is C12H15N3OS. The number of hydrogen-bond acceptors (Lipinski definition) is 5. The lowest BCUT2D eigenvalue weighted by molar-refractivity contribution is 0.0718. The van der Waals surface area contributed by atoms with Crippen molar-refractivity contribution in [2.45, 2.75) is 19.4 Å². The molecule has 5 heteroatoms. The monoisotopic (exact) mass is 249 g/mol. The second-order valence-electron chi connectivity index (χ2n) is 4.22. The van der Waals surface area contributed by atoms with Crippen molar-refractivity contribution >= 4 is 17.3 Å². The molecule has 0 aliphatic heterocycles. The third kappa shape index (κ3) is 3.01. The van der Waals surface area contributed by atoms with Crippen LogP contribution < -0.4 is 5.32 Å². The Hall–Kier alpha value is -1.46. The van der Waals surface area contributed by atoms with Gasteiger partial charge in [-0.25, -0.2) is 9.97 Å². The lowest BCUT2D eigenvalue weighted by atomic mass is 9.99.